The first-order valence-corrected chi connectivity index (χ1v) is 12.6. The van der Waals surface area contributed by atoms with Crippen LogP contribution >= 0.6 is 0 Å². The molecule has 3 aliphatic carbocycles. The third kappa shape index (κ3) is 5.50. The first-order chi connectivity index (χ1) is 17.0. The fraction of sp³-hybridized carbons (Fsp3) is 0.464. The number of fused-ring (bicyclic) bond motifs is 3. The largest absolute Gasteiger partial charge is 0.480 e. The molecule has 7 nitrogen and oxygen atoms in total. The van der Waals surface area contributed by atoms with Crippen molar-refractivity contribution < 1.29 is 24.2 Å². The summed E-state index contributed by atoms with van der Waals surface area (Å²) in [7, 11) is 0. The van der Waals surface area contributed by atoms with E-state index in [0.717, 1.165) is 25.7 Å². The van der Waals surface area contributed by atoms with Crippen LogP contribution in [0.5, 0.6) is 0 Å². The Hall–Kier alpha value is -3.35. The lowest BCUT2D eigenvalue weighted by Crippen LogP contribution is -2.41. The van der Waals surface area contributed by atoms with E-state index in [2.05, 4.69) is 34.9 Å². The number of ether oxygens (including phenoxy) is 1. The third-order valence-electron chi connectivity index (χ3n) is 7.58. The van der Waals surface area contributed by atoms with Crippen LogP contribution in [0.15, 0.2) is 48.5 Å². The van der Waals surface area contributed by atoms with E-state index in [1.807, 2.05) is 24.3 Å². The maximum atomic E-state index is 12.6. The van der Waals surface area contributed by atoms with Crippen LogP contribution in [0.2, 0.25) is 0 Å². The highest BCUT2D eigenvalue weighted by Crippen LogP contribution is 2.44. The normalized spacial score (nSPS) is 21.6. The fourth-order valence-electron chi connectivity index (χ4n) is 5.62. The lowest BCUT2D eigenvalue weighted by atomic mass is 9.98. The molecule has 2 amide bonds. The van der Waals surface area contributed by atoms with Gasteiger partial charge in [-0.15, -0.1) is 0 Å². The van der Waals surface area contributed by atoms with Crippen LogP contribution in [0.4, 0.5) is 4.79 Å². The van der Waals surface area contributed by atoms with Gasteiger partial charge in [0.05, 0.1) is 0 Å². The van der Waals surface area contributed by atoms with E-state index in [0.29, 0.717) is 18.8 Å². The van der Waals surface area contributed by atoms with Crippen molar-refractivity contribution in [2.75, 3.05) is 6.61 Å². The molecule has 0 aliphatic heterocycles. The quantitative estimate of drug-likeness (QED) is 0.496. The molecule has 0 heterocycles. The molecule has 2 aromatic rings. The van der Waals surface area contributed by atoms with E-state index in [1.54, 1.807) is 0 Å². The monoisotopic (exact) mass is 476 g/mol. The van der Waals surface area contributed by atoms with Crippen molar-refractivity contribution in [1.29, 1.82) is 0 Å². The van der Waals surface area contributed by atoms with Gasteiger partial charge in [-0.2, -0.15) is 0 Å². The van der Waals surface area contributed by atoms with Crippen LogP contribution in [0.3, 0.4) is 0 Å². The number of hydrogen-bond donors (Lipinski definition) is 3. The molecule has 3 atom stereocenters. The van der Waals surface area contributed by atoms with Gasteiger partial charge in [-0.1, -0.05) is 61.4 Å². The summed E-state index contributed by atoms with van der Waals surface area (Å²) < 4.78 is 5.65. The lowest BCUT2D eigenvalue weighted by Gasteiger charge is -2.18. The predicted molar refractivity (Wildman–Crippen MR) is 131 cm³/mol. The minimum Gasteiger partial charge on any atom is -0.480 e. The Morgan fingerprint density at radius 1 is 0.914 bits per heavy atom. The zero-order valence-corrected chi connectivity index (χ0v) is 19.7. The first-order valence-electron chi connectivity index (χ1n) is 12.6. The molecule has 3 aliphatic rings. The molecule has 0 saturated heterocycles. The number of benzene rings is 2. The van der Waals surface area contributed by atoms with Gasteiger partial charge >= 0.3 is 12.1 Å². The molecular formula is C28H32N2O5. The third-order valence-corrected chi connectivity index (χ3v) is 7.58. The maximum absolute atomic E-state index is 12.6. The molecule has 7 heteroatoms. The first kappa shape index (κ1) is 23.4. The predicted octanol–water partition coefficient (Wildman–Crippen LogP) is 4.45. The smallest absolute Gasteiger partial charge is 0.407 e. The van der Waals surface area contributed by atoms with E-state index in [9.17, 15) is 19.5 Å². The van der Waals surface area contributed by atoms with Gasteiger partial charge in [0.15, 0.2) is 0 Å². The standard InChI is InChI=1S/C28H32N2O5/c31-26(30-25(27(32)33)14-17-9-10-17)15-18-11-12-19(13-18)29-28(34)35-16-24-22-7-3-1-5-20(22)21-6-2-4-8-23(21)24/h1-8,17-19,24-25H,9-16H2,(H,29,34)(H,30,31)(H,32,33)/t18?,19?,25-/m0/s1. The Morgan fingerprint density at radius 2 is 1.54 bits per heavy atom. The summed E-state index contributed by atoms with van der Waals surface area (Å²) in [5.41, 5.74) is 4.73. The van der Waals surface area contributed by atoms with Gasteiger partial charge in [0.2, 0.25) is 5.91 Å². The molecule has 2 saturated carbocycles. The molecule has 0 radical (unpaired) electrons. The highest BCUT2D eigenvalue weighted by Gasteiger charge is 2.33. The van der Waals surface area contributed by atoms with Gasteiger partial charge in [-0.05, 0) is 59.8 Å². The SMILES string of the molecule is O=C(CC1CCC(NC(=O)OCC2c3ccccc3-c3ccccc32)C1)N[C@@H](CC1CC1)C(=O)O. The van der Waals surface area contributed by atoms with E-state index >= 15 is 0 Å². The van der Waals surface area contributed by atoms with E-state index in [1.165, 1.54) is 22.3 Å². The molecular weight excluding hydrogens is 444 g/mol. The van der Waals surface area contributed by atoms with E-state index < -0.39 is 18.1 Å². The average Bonchev–Trinajstić information content (AvgIpc) is 3.47. The van der Waals surface area contributed by atoms with Crippen LogP contribution < -0.4 is 10.6 Å². The highest BCUT2D eigenvalue weighted by molar-refractivity contribution is 5.83. The summed E-state index contributed by atoms with van der Waals surface area (Å²) in [5, 5.41) is 15.0. The summed E-state index contributed by atoms with van der Waals surface area (Å²) >= 11 is 0. The second-order valence-electron chi connectivity index (χ2n) is 10.2. The van der Waals surface area contributed by atoms with Gasteiger partial charge in [0.1, 0.15) is 12.6 Å². The van der Waals surface area contributed by atoms with Crippen LogP contribution in [0.25, 0.3) is 11.1 Å². The van der Waals surface area contributed by atoms with Crippen LogP contribution in [0.1, 0.15) is 62.0 Å². The number of carboxylic acids is 1. The van der Waals surface area contributed by atoms with Crippen molar-refractivity contribution in [3.63, 3.8) is 0 Å². The van der Waals surface area contributed by atoms with Gasteiger partial charge in [0, 0.05) is 18.4 Å². The van der Waals surface area contributed by atoms with Gasteiger partial charge < -0.3 is 20.5 Å². The molecule has 2 aromatic carbocycles. The molecule has 0 bridgehead atoms. The Morgan fingerprint density at radius 3 is 2.17 bits per heavy atom. The molecule has 2 fully saturated rings. The molecule has 2 unspecified atom stereocenters. The van der Waals surface area contributed by atoms with E-state index in [4.69, 9.17) is 4.74 Å². The summed E-state index contributed by atoms with van der Waals surface area (Å²) in [6.45, 7) is 0.274. The number of amides is 2. The van der Waals surface area contributed by atoms with Crippen LogP contribution in [0, 0.1) is 11.8 Å². The number of aliphatic carboxylic acids is 1. The molecule has 184 valence electrons. The summed E-state index contributed by atoms with van der Waals surface area (Å²) in [4.78, 5) is 36.4. The summed E-state index contributed by atoms with van der Waals surface area (Å²) in [5.74, 6) is -0.611. The number of carbonyl (C=O) groups is 3. The number of hydrogen-bond acceptors (Lipinski definition) is 4. The van der Waals surface area contributed by atoms with Crippen LogP contribution in [-0.4, -0.2) is 41.8 Å². The van der Waals surface area contributed by atoms with Crippen LogP contribution in [-0.2, 0) is 14.3 Å². The van der Waals surface area contributed by atoms with E-state index in [-0.39, 0.29) is 36.8 Å². The van der Waals surface area contributed by atoms with Crippen molar-refractivity contribution in [1.82, 2.24) is 10.6 Å². The number of carbonyl (C=O) groups excluding carboxylic acids is 2. The second kappa shape index (κ2) is 10.1. The Bertz CT molecular complexity index is 1070. The molecule has 0 spiro atoms. The van der Waals surface area contributed by atoms with Gasteiger partial charge in [-0.25, -0.2) is 9.59 Å². The van der Waals surface area contributed by atoms with Crippen molar-refractivity contribution in [3.8, 4) is 11.1 Å². The number of rotatable bonds is 9. The number of alkyl carbamates (subject to hydrolysis) is 1. The Labute approximate surface area is 205 Å². The molecule has 5 rings (SSSR count). The minimum absolute atomic E-state index is 0.0194. The second-order valence-corrected chi connectivity index (χ2v) is 10.2. The lowest BCUT2D eigenvalue weighted by molar-refractivity contribution is -0.142. The summed E-state index contributed by atoms with van der Waals surface area (Å²) in [6, 6.07) is 15.6. The maximum Gasteiger partial charge on any atom is 0.407 e. The van der Waals surface area contributed by atoms with Crippen molar-refractivity contribution >= 4 is 18.0 Å². The fourth-order valence-corrected chi connectivity index (χ4v) is 5.62. The van der Waals surface area contributed by atoms with Gasteiger partial charge in [0.25, 0.3) is 0 Å². The zero-order valence-electron chi connectivity index (χ0n) is 19.7. The Balaban J connectivity index is 1.08. The van der Waals surface area contributed by atoms with Crippen molar-refractivity contribution in [3.05, 3.63) is 59.7 Å². The number of carboxylic acid groups (broad SMARTS) is 1. The van der Waals surface area contributed by atoms with Crippen molar-refractivity contribution in [2.45, 2.75) is 62.9 Å². The number of nitrogens with one attached hydrogen (secondary N) is 2. The minimum atomic E-state index is -0.966. The average molecular weight is 477 g/mol. The topological polar surface area (TPSA) is 105 Å². The zero-order chi connectivity index (χ0) is 24.4. The summed E-state index contributed by atoms with van der Waals surface area (Å²) in [6.07, 6.45) is 4.76. The molecule has 0 aromatic heterocycles. The Kier molecular flexibility index (Phi) is 6.75. The molecule has 3 N–H and O–H groups in total. The molecule has 35 heavy (non-hydrogen) atoms. The van der Waals surface area contributed by atoms with Gasteiger partial charge in [-0.3, -0.25) is 4.79 Å². The highest BCUT2D eigenvalue weighted by atomic mass is 16.5. The van der Waals surface area contributed by atoms with Crippen molar-refractivity contribution in [2.24, 2.45) is 11.8 Å².